The zero-order valence-electron chi connectivity index (χ0n) is 13.7. The van der Waals surface area contributed by atoms with Gasteiger partial charge in [0.05, 0.1) is 0 Å². The van der Waals surface area contributed by atoms with Gasteiger partial charge in [-0.3, -0.25) is 4.79 Å². The Bertz CT molecular complexity index is 773. The summed E-state index contributed by atoms with van der Waals surface area (Å²) in [5.41, 5.74) is 0.734. The van der Waals surface area contributed by atoms with Crippen molar-refractivity contribution in [3.63, 3.8) is 0 Å². The van der Waals surface area contributed by atoms with E-state index >= 15 is 0 Å². The van der Waals surface area contributed by atoms with E-state index in [0.717, 1.165) is 10.2 Å². The Morgan fingerprint density at radius 2 is 1.70 bits per heavy atom. The Labute approximate surface area is 185 Å². The molecule has 0 aromatic heterocycles. The molecule has 5 nitrogen and oxygen atoms in total. The first-order chi connectivity index (χ1) is 12.7. The predicted molar refractivity (Wildman–Crippen MR) is 118 cm³/mol. The summed E-state index contributed by atoms with van der Waals surface area (Å²) in [5, 5.41) is 8.44. The third-order valence-corrected chi connectivity index (χ3v) is 4.53. The zero-order valence-corrected chi connectivity index (χ0v) is 18.4. The van der Waals surface area contributed by atoms with Crippen molar-refractivity contribution in [2.75, 3.05) is 11.9 Å². The van der Waals surface area contributed by atoms with Gasteiger partial charge in [0, 0.05) is 10.2 Å². The highest BCUT2D eigenvalue weighted by Gasteiger charge is 2.34. The average molecular weight is 512 g/mol. The molecular weight excluding hydrogens is 497 g/mol. The molecule has 10 heteroatoms. The molecule has 0 radical (unpaired) electrons. The first kappa shape index (κ1) is 22.0. The molecule has 1 amide bonds. The number of nitrogens with one attached hydrogen (secondary N) is 3. The van der Waals surface area contributed by atoms with E-state index in [0.29, 0.717) is 5.75 Å². The summed E-state index contributed by atoms with van der Waals surface area (Å²) in [6, 6.07) is 16.2. The van der Waals surface area contributed by atoms with Crippen molar-refractivity contribution >= 4 is 79.7 Å². The highest BCUT2D eigenvalue weighted by molar-refractivity contribution is 9.10. The minimum atomic E-state index is -1.84. The number of carbonyl (C=O) groups is 1. The lowest BCUT2D eigenvalue weighted by molar-refractivity contribution is -0.123. The predicted octanol–water partition coefficient (Wildman–Crippen LogP) is 4.63. The third-order valence-electron chi connectivity index (χ3n) is 3.12. The van der Waals surface area contributed by atoms with E-state index in [1.807, 2.05) is 30.3 Å². The van der Waals surface area contributed by atoms with Crippen LogP contribution in [0.25, 0.3) is 0 Å². The number of para-hydroxylation sites is 1. The zero-order chi connectivity index (χ0) is 19.9. The van der Waals surface area contributed by atoms with Crippen LogP contribution in [-0.2, 0) is 4.79 Å². The molecule has 0 bridgehead atoms. The fourth-order valence-electron chi connectivity index (χ4n) is 1.90. The number of hydrogen-bond acceptors (Lipinski definition) is 3. The first-order valence-corrected chi connectivity index (χ1v) is 9.94. The molecule has 2 aromatic rings. The smallest absolute Gasteiger partial charge is 0.259 e. The van der Waals surface area contributed by atoms with Gasteiger partial charge >= 0.3 is 0 Å². The molecule has 0 aliphatic carbocycles. The first-order valence-electron chi connectivity index (χ1n) is 7.61. The highest BCUT2D eigenvalue weighted by Crippen LogP contribution is 2.29. The second-order valence-electron chi connectivity index (χ2n) is 5.25. The number of benzene rings is 2. The molecule has 0 heterocycles. The molecule has 2 rings (SSSR count). The minimum absolute atomic E-state index is 0.179. The van der Waals surface area contributed by atoms with E-state index in [-0.39, 0.29) is 11.7 Å². The third kappa shape index (κ3) is 8.11. The number of anilines is 1. The maximum absolute atomic E-state index is 12.1. The minimum Gasteiger partial charge on any atom is -0.484 e. The monoisotopic (exact) mass is 509 g/mol. The fourth-order valence-corrected chi connectivity index (χ4v) is 2.73. The van der Waals surface area contributed by atoms with Crippen molar-refractivity contribution in [1.29, 1.82) is 0 Å². The van der Waals surface area contributed by atoms with Crippen molar-refractivity contribution in [1.82, 2.24) is 10.6 Å². The second kappa shape index (κ2) is 10.3. The number of alkyl halides is 3. The van der Waals surface area contributed by atoms with Crippen LogP contribution >= 0.6 is 63.0 Å². The summed E-state index contributed by atoms with van der Waals surface area (Å²) in [5.74, 6) is 0.0765. The Balaban J connectivity index is 1.91. The maximum atomic E-state index is 12.1. The summed E-state index contributed by atoms with van der Waals surface area (Å²) in [7, 11) is 0. The van der Waals surface area contributed by atoms with Crippen LogP contribution < -0.4 is 20.7 Å². The lowest BCUT2D eigenvalue weighted by atomic mass is 10.3. The normalized spacial score (nSPS) is 12.0. The van der Waals surface area contributed by atoms with Crippen molar-refractivity contribution in [3.05, 3.63) is 59.1 Å². The Hall–Kier alpha value is -1.25. The second-order valence-corrected chi connectivity index (χ2v) is 8.94. The fraction of sp³-hybridized carbons (Fsp3) is 0.176. The lowest BCUT2D eigenvalue weighted by Gasteiger charge is -2.27. The lowest BCUT2D eigenvalue weighted by Crippen LogP contribution is -2.56. The van der Waals surface area contributed by atoms with Crippen LogP contribution in [0.2, 0.25) is 0 Å². The number of thiocarbonyl (C=S) groups is 1. The average Bonchev–Trinajstić information content (AvgIpc) is 2.61. The molecule has 1 atom stereocenters. The van der Waals surface area contributed by atoms with Gasteiger partial charge in [0.2, 0.25) is 3.79 Å². The molecule has 0 fully saturated rings. The standard InChI is InChI=1S/C17H15BrCl3N3O2S/c18-11-6-8-12(9-7-11)22-16(27)24-15(17(19,20)21)23-14(25)10-26-13-4-2-1-3-5-13/h1-9,15H,10H2,(H,23,25)(H2,22,24,27)/t15-/m0/s1. The number of rotatable bonds is 6. The summed E-state index contributed by atoms with van der Waals surface area (Å²) in [6.07, 6.45) is -1.06. The molecule has 2 aromatic carbocycles. The maximum Gasteiger partial charge on any atom is 0.259 e. The van der Waals surface area contributed by atoms with Crippen molar-refractivity contribution in [2.45, 2.75) is 9.96 Å². The van der Waals surface area contributed by atoms with Crippen LogP contribution in [0.5, 0.6) is 5.75 Å². The van der Waals surface area contributed by atoms with E-state index in [1.54, 1.807) is 24.3 Å². The quantitative estimate of drug-likeness (QED) is 0.300. The van der Waals surface area contributed by atoms with E-state index in [4.69, 9.17) is 51.8 Å². The number of ether oxygens (including phenoxy) is 1. The van der Waals surface area contributed by atoms with E-state index in [9.17, 15) is 4.79 Å². The van der Waals surface area contributed by atoms with Gasteiger partial charge in [-0.15, -0.1) is 0 Å². The summed E-state index contributed by atoms with van der Waals surface area (Å²) < 4.78 is 4.46. The molecule has 0 aliphatic heterocycles. The van der Waals surface area contributed by atoms with Crippen molar-refractivity contribution in [3.8, 4) is 5.75 Å². The van der Waals surface area contributed by atoms with Crippen LogP contribution in [0.3, 0.4) is 0 Å². The largest absolute Gasteiger partial charge is 0.484 e. The number of amides is 1. The van der Waals surface area contributed by atoms with Crippen molar-refractivity contribution < 1.29 is 9.53 Å². The van der Waals surface area contributed by atoms with Crippen LogP contribution in [-0.4, -0.2) is 27.6 Å². The van der Waals surface area contributed by atoms with Gasteiger partial charge < -0.3 is 20.7 Å². The Kier molecular flexibility index (Phi) is 8.44. The van der Waals surface area contributed by atoms with Gasteiger partial charge in [0.1, 0.15) is 11.9 Å². The summed E-state index contributed by atoms with van der Waals surface area (Å²) >= 11 is 26.4. The molecule has 0 aliphatic rings. The molecule has 27 heavy (non-hydrogen) atoms. The van der Waals surface area contributed by atoms with Gasteiger partial charge in [-0.2, -0.15) is 0 Å². The molecule has 0 spiro atoms. The summed E-state index contributed by atoms with van der Waals surface area (Å²) in [4.78, 5) is 12.1. The SMILES string of the molecule is O=C(COc1ccccc1)N[C@@H](NC(=S)Nc1ccc(Br)cc1)C(Cl)(Cl)Cl. The Morgan fingerprint density at radius 3 is 2.30 bits per heavy atom. The van der Waals surface area contributed by atoms with Crippen LogP contribution in [0.15, 0.2) is 59.1 Å². The number of hydrogen-bond donors (Lipinski definition) is 3. The van der Waals surface area contributed by atoms with E-state index in [1.165, 1.54) is 0 Å². The molecule has 144 valence electrons. The summed E-state index contributed by atoms with van der Waals surface area (Å²) in [6.45, 7) is -0.240. The Morgan fingerprint density at radius 1 is 1.07 bits per heavy atom. The van der Waals surface area contributed by atoms with Crippen LogP contribution in [0, 0.1) is 0 Å². The number of carbonyl (C=O) groups excluding carboxylic acids is 1. The molecule has 0 saturated carbocycles. The molecular formula is C17H15BrCl3N3O2S. The van der Waals surface area contributed by atoms with Gasteiger partial charge in [-0.1, -0.05) is 68.9 Å². The van der Waals surface area contributed by atoms with Gasteiger partial charge in [-0.05, 0) is 48.6 Å². The van der Waals surface area contributed by atoms with Gasteiger partial charge in [0.25, 0.3) is 5.91 Å². The van der Waals surface area contributed by atoms with Gasteiger partial charge in [0.15, 0.2) is 11.7 Å². The highest BCUT2D eigenvalue weighted by atomic mass is 79.9. The molecule has 0 unspecified atom stereocenters. The topological polar surface area (TPSA) is 62.4 Å². The molecule has 3 N–H and O–H groups in total. The molecule has 0 saturated heterocycles. The van der Waals surface area contributed by atoms with Crippen LogP contribution in [0.1, 0.15) is 0 Å². The van der Waals surface area contributed by atoms with Crippen molar-refractivity contribution in [2.24, 2.45) is 0 Å². The van der Waals surface area contributed by atoms with Gasteiger partial charge in [-0.25, -0.2) is 0 Å². The van der Waals surface area contributed by atoms with Crippen LogP contribution in [0.4, 0.5) is 5.69 Å². The van der Waals surface area contributed by atoms with E-state index < -0.39 is 15.9 Å². The number of halogens is 4. The van der Waals surface area contributed by atoms with E-state index in [2.05, 4.69) is 31.9 Å².